The summed E-state index contributed by atoms with van der Waals surface area (Å²) < 4.78 is 7.58. The van der Waals surface area contributed by atoms with E-state index in [9.17, 15) is 0 Å². The van der Waals surface area contributed by atoms with Gasteiger partial charge < -0.3 is 10.1 Å². The molecular formula is C14H24ClN3O. The normalized spacial score (nSPS) is 17.0. The lowest BCUT2D eigenvalue weighted by atomic mass is 9.98. The Kier molecular flexibility index (Phi) is 5.67. The topological polar surface area (TPSA) is 39.1 Å². The molecule has 0 aromatic carbocycles. The minimum absolute atomic E-state index is 0.485. The first kappa shape index (κ1) is 14.8. The molecule has 0 atom stereocenters. The van der Waals surface area contributed by atoms with Crippen LogP contribution in [0.1, 0.15) is 43.4 Å². The number of halogens is 1. The van der Waals surface area contributed by atoms with Gasteiger partial charge in [0, 0.05) is 25.7 Å². The minimum Gasteiger partial charge on any atom is -0.377 e. The monoisotopic (exact) mass is 285 g/mol. The van der Waals surface area contributed by atoms with Crippen molar-refractivity contribution in [2.24, 2.45) is 7.05 Å². The Morgan fingerprint density at radius 1 is 1.37 bits per heavy atom. The molecule has 0 unspecified atom stereocenters. The molecule has 0 spiro atoms. The number of hydrogen-bond acceptors (Lipinski definition) is 3. The zero-order valence-corrected chi connectivity index (χ0v) is 12.7. The molecule has 4 nitrogen and oxygen atoms in total. The third-order valence-electron chi connectivity index (χ3n) is 3.76. The van der Waals surface area contributed by atoms with E-state index >= 15 is 0 Å². The Labute approximate surface area is 120 Å². The van der Waals surface area contributed by atoms with Crippen molar-refractivity contribution in [3.63, 3.8) is 0 Å². The maximum atomic E-state index is 6.18. The third kappa shape index (κ3) is 4.20. The lowest BCUT2D eigenvalue weighted by Gasteiger charge is -2.22. The van der Waals surface area contributed by atoms with Crippen LogP contribution in [0.2, 0.25) is 5.15 Å². The van der Waals surface area contributed by atoms with E-state index in [0.29, 0.717) is 6.10 Å². The van der Waals surface area contributed by atoms with Gasteiger partial charge in [0.25, 0.3) is 0 Å². The molecule has 1 saturated carbocycles. The van der Waals surface area contributed by atoms with Crippen LogP contribution in [0.4, 0.5) is 0 Å². The number of nitrogens with zero attached hydrogens (tertiary/aromatic N) is 2. The largest absolute Gasteiger partial charge is 0.377 e. The summed E-state index contributed by atoms with van der Waals surface area (Å²) in [4.78, 5) is 0. The first-order valence-corrected chi connectivity index (χ1v) is 7.56. The number of nitrogens with one attached hydrogen (secondary N) is 1. The molecule has 1 aromatic rings. The Morgan fingerprint density at radius 3 is 2.74 bits per heavy atom. The molecule has 1 heterocycles. The highest BCUT2D eigenvalue weighted by atomic mass is 35.5. The molecule has 0 radical (unpaired) electrons. The first-order valence-electron chi connectivity index (χ1n) is 7.18. The average molecular weight is 286 g/mol. The number of aryl methyl sites for hydroxylation is 2. The van der Waals surface area contributed by atoms with Gasteiger partial charge in [-0.1, -0.05) is 30.9 Å². The van der Waals surface area contributed by atoms with Gasteiger partial charge in [0.2, 0.25) is 0 Å². The van der Waals surface area contributed by atoms with Crippen molar-refractivity contribution in [2.45, 2.75) is 51.7 Å². The van der Waals surface area contributed by atoms with Crippen LogP contribution in [0.25, 0.3) is 0 Å². The summed E-state index contributed by atoms with van der Waals surface area (Å²) in [6.45, 7) is 4.39. The van der Waals surface area contributed by atoms with Gasteiger partial charge in [-0.2, -0.15) is 5.10 Å². The number of aromatic nitrogens is 2. The number of rotatable bonds is 6. The average Bonchev–Trinajstić information content (AvgIpc) is 2.65. The maximum absolute atomic E-state index is 6.18. The molecule has 1 aromatic heterocycles. The molecule has 108 valence electrons. The summed E-state index contributed by atoms with van der Waals surface area (Å²) in [6, 6.07) is 0. The van der Waals surface area contributed by atoms with E-state index in [2.05, 4.69) is 10.4 Å². The van der Waals surface area contributed by atoms with Gasteiger partial charge in [-0.25, -0.2) is 0 Å². The van der Waals surface area contributed by atoms with E-state index in [1.165, 1.54) is 32.1 Å². The highest BCUT2D eigenvalue weighted by molar-refractivity contribution is 6.30. The van der Waals surface area contributed by atoms with Gasteiger partial charge in [0.15, 0.2) is 0 Å². The van der Waals surface area contributed by atoms with Crippen LogP contribution in [-0.4, -0.2) is 29.0 Å². The molecule has 5 heteroatoms. The van der Waals surface area contributed by atoms with Crippen LogP contribution in [0.3, 0.4) is 0 Å². The van der Waals surface area contributed by atoms with Gasteiger partial charge in [-0.15, -0.1) is 0 Å². The quantitative estimate of drug-likeness (QED) is 0.817. The fourth-order valence-electron chi connectivity index (χ4n) is 2.62. The molecule has 1 N–H and O–H groups in total. The summed E-state index contributed by atoms with van der Waals surface area (Å²) in [7, 11) is 1.87. The number of hydrogen-bond donors (Lipinski definition) is 1. The van der Waals surface area contributed by atoms with Crippen molar-refractivity contribution in [1.29, 1.82) is 0 Å². The molecule has 0 saturated heterocycles. The predicted molar refractivity (Wildman–Crippen MR) is 77.5 cm³/mol. The fourth-order valence-corrected chi connectivity index (χ4v) is 2.86. The van der Waals surface area contributed by atoms with E-state index in [1.807, 2.05) is 14.0 Å². The molecule has 0 bridgehead atoms. The molecule has 1 aliphatic rings. The van der Waals surface area contributed by atoms with Gasteiger partial charge in [0.1, 0.15) is 5.15 Å². The van der Waals surface area contributed by atoms with Crippen molar-refractivity contribution < 1.29 is 4.74 Å². The van der Waals surface area contributed by atoms with E-state index in [-0.39, 0.29) is 0 Å². The van der Waals surface area contributed by atoms with E-state index in [0.717, 1.165) is 36.1 Å². The zero-order valence-electron chi connectivity index (χ0n) is 11.9. The second-order valence-electron chi connectivity index (χ2n) is 5.29. The lowest BCUT2D eigenvalue weighted by molar-refractivity contribution is 0.0302. The van der Waals surface area contributed by atoms with E-state index < -0.39 is 0 Å². The summed E-state index contributed by atoms with van der Waals surface area (Å²) in [6.07, 6.45) is 6.96. The first-order chi connectivity index (χ1) is 9.18. The molecule has 19 heavy (non-hydrogen) atoms. The second-order valence-corrected chi connectivity index (χ2v) is 5.64. The Morgan fingerprint density at radius 2 is 2.11 bits per heavy atom. The predicted octanol–water partition coefficient (Wildman–Crippen LogP) is 2.82. The molecule has 0 aliphatic heterocycles. The summed E-state index contributed by atoms with van der Waals surface area (Å²) in [5.74, 6) is 0. The van der Waals surface area contributed by atoms with Gasteiger partial charge >= 0.3 is 0 Å². The smallest absolute Gasteiger partial charge is 0.131 e. The zero-order chi connectivity index (χ0) is 13.7. The molecule has 1 aliphatic carbocycles. The van der Waals surface area contributed by atoms with Crippen molar-refractivity contribution in [3.05, 3.63) is 16.4 Å². The highest BCUT2D eigenvalue weighted by Crippen LogP contribution is 2.20. The van der Waals surface area contributed by atoms with Crippen molar-refractivity contribution in [3.8, 4) is 0 Å². The maximum Gasteiger partial charge on any atom is 0.131 e. The second kappa shape index (κ2) is 7.27. The van der Waals surface area contributed by atoms with E-state index in [1.54, 1.807) is 4.68 Å². The molecule has 1 fully saturated rings. The van der Waals surface area contributed by atoms with Crippen LogP contribution in [0.5, 0.6) is 0 Å². The van der Waals surface area contributed by atoms with Crippen molar-refractivity contribution >= 4 is 11.6 Å². The highest BCUT2D eigenvalue weighted by Gasteiger charge is 2.13. The number of ether oxygens (including phenoxy) is 1. The minimum atomic E-state index is 0.485. The van der Waals surface area contributed by atoms with Crippen molar-refractivity contribution in [2.75, 3.05) is 13.2 Å². The standard InChI is InChI=1S/C14H24ClN3O/c1-11-13(14(15)18(2)17-11)10-16-8-9-19-12-6-4-3-5-7-12/h12,16H,3-10H2,1-2H3. The molecule has 2 rings (SSSR count). The lowest BCUT2D eigenvalue weighted by Crippen LogP contribution is -2.24. The van der Waals surface area contributed by atoms with E-state index in [4.69, 9.17) is 16.3 Å². The molecule has 0 amide bonds. The van der Waals surface area contributed by atoms with Crippen LogP contribution in [0.15, 0.2) is 0 Å². The van der Waals surface area contributed by atoms with Gasteiger partial charge in [-0.05, 0) is 19.8 Å². The molecular weight excluding hydrogens is 262 g/mol. The SMILES string of the molecule is Cc1nn(C)c(Cl)c1CNCCOC1CCCCC1. The van der Waals surface area contributed by atoms with Crippen LogP contribution in [-0.2, 0) is 18.3 Å². The van der Waals surface area contributed by atoms with Crippen LogP contribution < -0.4 is 5.32 Å². The van der Waals surface area contributed by atoms with Gasteiger partial charge in [-0.3, -0.25) is 4.68 Å². The fraction of sp³-hybridized carbons (Fsp3) is 0.786. The Bertz CT molecular complexity index is 400. The summed E-state index contributed by atoms with van der Waals surface area (Å²) in [5, 5.41) is 8.39. The summed E-state index contributed by atoms with van der Waals surface area (Å²) in [5.41, 5.74) is 2.08. The Hall–Kier alpha value is -0.580. The van der Waals surface area contributed by atoms with Crippen LogP contribution >= 0.6 is 11.6 Å². The van der Waals surface area contributed by atoms with Crippen LogP contribution in [0, 0.1) is 6.92 Å². The summed E-state index contributed by atoms with van der Waals surface area (Å²) >= 11 is 6.18. The third-order valence-corrected chi connectivity index (χ3v) is 4.23. The van der Waals surface area contributed by atoms with Crippen molar-refractivity contribution in [1.82, 2.24) is 15.1 Å². The Balaban J connectivity index is 1.63. The van der Waals surface area contributed by atoms with Gasteiger partial charge in [0.05, 0.1) is 18.4 Å².